The maximum Gasteiger partial charge on any atom is 0.302 e. The van der Waals surface area contributed by atoms with Crippen LogP contribution in [0.15, 0.2) is 0 Å². The minimum absolute atomic E-state index is 0.0451. The highest BCUT2D eigenvalue weighted by Crippen LogP contribution is 2.20. The fourth-order valence-electron chi connectivity index (χ4n) is 1.46. The number of ether oxygens (including phenoxy) is 1. The van der Waals surface area contributed by atoms with Crippen molar-refractivity contribution in [3.8, 4) is 0 Å². The smallest absolute Gasteiger partial charge is 0.302 e. The Kier molecular flexibility index (Phi) is 2.88. The van der Waals surface area contributed by atoms with Gasteiger partial charge in [-0.25, -0.2) is 0 Å². The van der Waals surface area contributed by atoms with Gasteiger partial charge in [0.1, 0.15) is 6.10 Å². The molecule has 11 heavy (non-hydrogen) atoms. The van der Waals surface area contributed by atoms with E-state index in [1.54, 1.807) is 0 Å². The van der Waals surface area contributed by atoms with E-state index in [0.29, 0.717) is 6.42 Å². The molecule has 1 fully saturated rings. The van der Waals surface area contributed by atoms with Crippen molar-refractivity contribution in [3.05, 3.63) is 0 Å². The average Bonchev–Trinajstić information content (AvgIpc) is 1.85. The Morgan fingerprint density at radius 2 is 2.27 bits per heavy atom. The van der Waals surface area contributed by atoms with Crippen molar-refractivity contribution < 1.29 is 14.6 Å². The Balaban J connectivity index is 2.28. The number of rotatable bonds is 1. The third kappa shape index (κ3) is 2.89. The minimum Gasteiger partial charge on any atom is -0.462 e. The fourth-order valence-corrected chi connectivity index (χ4v) is 1.46. The zero-order valence-corrected chi connectivity index (χ0v) is 6.75. The lowest BCUT2D eigenvalue weighted by atomic mass is 9.95. The van der Waals surface area contributed by atoms with E-state index in [1.807, 2.05) is 0 Å². The molecule has 1 saturated carbocycles. The number of hydrogen-bond acceptors (Lipinski definition) is 3. The first kappa shape index (κ1) is 8.53. The van der Waals surface area contributed by atoms with E-state index in [1.165, 1.54) is 6.92 Å². The molecule has 0 aromatic rings. The van der Waals surface area contributed by atoms with Gasteiger partial charge in [0.2, 0.25) is 0 Å². The number of esters is 1. The van der Waals surface area contributed by atoms with Gasteiger partial charge in [0.25, 0.3) is 0 Å². The highest BCUT2D eigenvalue weighted by atomic mass is 16.5. The third-order valence-corrected chi connectivity index (χ3v) is 1.93. The lowest BCUT2D eigenvalue weighted by molar-refractivity contribution is -0.149. The summed E-state index contributed by atoms with van der Waals surface area (Å²) in [5.74, 6) is -0.246. The number of aliphatic hydroxyl groups is 1. The second-order valence-corrected chi connectivity index (χ2v) is 3.05. The van der Waals surface area contributed by atoms with Crippen molar-refractivity contribution in [3.63, 3.8) is 0 Å². The predicted octanol–water partition coefficient (Wildman–Crippen LogP) is 0.853. The molecule has 0 radical (unpaired) electrons. The molecule has 1 aliphatic rings. The number of carbonyl (C=O) groups excluding carboxylic acids is 1. The van der Waals surface area contributed by atoms with Gasteiger partial charge >= 0.3 is 5.97 Å². The molecule has 1 N–H and O–H groups in total. The molecule has 3 heteroatoms. The van der Waals surface area contributed by atoms with Crippen LogP contribution in [0.4, 0.5) is 0 Å². The Morgan fingerprint density at radius 1 is 1.55 bits per heavy atom. The molecule has 1 unspecified atom stereocenters. The lowest BCUT2D eigenvalue weighted by Gasteiger charge is -2.24. The zero-order chi connectivity index (χ0) is 8.27. The molecule has 0 amide bonds. The first-order valence-corrected chi connectivity index (χ1v) is 4.04. The lowest BCUT2D eigenvalue weighted by Crippen LogP contribution is -2.27. The molecule has 0 bridgehead atoms. The maximum absolute atomic E-state index is 10.5. The van der Waals surface area contributed by atoms with Gasteiger partial charge in [0.15, 0.2) is 0 Å². The predicted molar refractivity (Wildman–Crippen MR) is 40.0 cm³/mol. The molecule has 2 atom stereocenters. The van der Waals surface area contributed by atoms with Crippen LogP contribution in [0.5, 0.6) is 0 Å². The van der Waals surface area contributed by atoms with E-state index < -0.39 is 0 Å². The van der Waals surface area contributed by atoms with E-state index in [9.17, 15) is 9.90 Å². The summed E-state index contributed by atoms with van der Waals surface area (Å²) in [5, 5.41) is 9.20. The molecule has 0 aromatic carbocycles. The molecule has 64 valence electrons. The molecule has 0 saturated heterocycles. The van der Waals surface area contributed by atoms with Crippen LogP contribution in [0, 0.1) is 0 Å². The van der Waals surface area contributed by atoms with Crippen molar-refractivity contribution in [2.45, 2.75) is 44.8 Å². The summed E-state index contributed by atoms with van der Waals surface area (Å²) in [7, 11) is 0. The summed E-state index contributed by atoms with van der Waals surface area (Å²) >= 11 is 0. The van der Waals surface area contributed by atoms with Crippen LogP contribution in [-0.2, 0) is 9.53 Å². The Morgan fingerprint density at radius 3 is 2.82 bits per heavy atom. The molecular formula is C8H14O3. The van der Waals surface area contributed by atoms with Crippen molar-refractivity contribution >= 4 is 5.97 Å². The van der Waals surface area contributed by atoms with Crippen molar-refractivity contribution in [2.24, 2.45) is 0 Å². The number of hydrogen-bond donors (Lipinski definition) is 1. The fraction of sp³-hybridized carbons (Fsp3) is 0.875. The van der Waals surface area contributed by atoms with Crippen LogP contribution in [-0.4, -0.2) is 23.3 Å². The van der Waals surface area contributed by atoms with E-state index in [-0.39, 0.29) is 18.2 Å². The molecular weight excluding hydrogens is 144 g/mol. The Labute approximate surface area is 66.4 Å². The normalized spacial score (nSPS) is 31.5. The highest BCUT2D eigenvalue weighted by Gasteiger charge is 2.21. The summed E-state index contributed by atoms with van der Waals surface area (Å²) < 4.78 is 4.96. The zero-order valence-electron chi connectivity index (χ0n) is 6.75. The summed E-state index contributed by atoms with van der Waals surface area (Å²) in [6.07, 6.45) is 3.00. The Bertz CT molecular complexity index is 144. The van der Waals surface area contributed by atoms with E-state index in [0.717, 1.165) is 19.3 Å². The van der Waals surface area contributed by atoms with Crippen LogP contribution in [0.25, 0.3) is 0 Å². The van der Waals surface area contributed by atoms with Crippen LogP contribution in [0.2, 0.25) is 0 Å². The van der Waals surface area contributed by atoms with Crippen molar-refractivity contribution in [1.29, 1.82) is 0 Å². The van der Waals surface area contributed by atoms with E-state index in [4.69, 9.17) is 4.74 Å². The summed E-state index contributed by atoms with van der Waals surface area (Å²) in [6, 6.07) is 0. The number of aliphatic hydroxyl groups excluding tert-OH is 1. The van der Waals surface area contributed by atoms with Gasteiger partial charge in [-0.1, -0.05) is 0 Å². The molecule has 0 spiro atoms. The molecule has 1 rings (SSSR count). The van der Waals surface area contributed by atoms with Crippen LogP contribution < -0.4 is 0 Å². The van der Waals surface area contributed by atoms with Gasteiger partial charge in [-0.15, -0.1) is 0 Å². The maximum atomic E-state index is 10.5. The molecule has 1 aliphatic carbocycles. The highest BCUT2D eigenvalue weighted by molar-refractivity contribution is 5.66. The van der Waals surface area contributed by atoms with Crippen molar-refractivity contribution in [1.82, 2.24) is 0 Å². The van der Waals surface area contributed by atoms with E-state index >= 15 is 0 Å². The Hall–Kier alpha value is -0.570. The molecule has 3 nitrogen and oxygen atoms in total. The molecule has 0 heterocycles. The van der Waals surface area contributed by atoms with E-state index in [2.05, 4.69) is 0 Å². The quantitative estimate of drug-likeness (QED) is 0.575. The first-order valence-electron chi connectivity index (χ1n) is 4.04. The summed E-state index contributed by atoms with van der Waals surface area (Å²) in [6.45, 7) is 1.40. The van der Waals surface area contributed by atoms with Crippen LogP contribution in [0.3, 0.4) is 0 Å². The van der Waals surface area contributed by atoms with Gasteiger partial charge in [0, 0.05) is 13.3 Å². The average molecular weight is 158 g/mol. The topological polar surface area (TPSA) is 46.5 Å². The van der Waals surface area contributed by atoms with Gasteiger partial charge in [0.05, 0.1) is 6.10 Å². The molecule has 0 aromatic heterocycles. The second-order valence-electron chi connectivity index (χ2n) is 3.05. The number of carbonyl (C=O) groups is 1. The SMILES string of the molecule is CC(=O)OC1CCC[C@@H](O)C1. The van der Waals surface area contributed by atoms with Gasteiger partial charge in [-0.3, -0.25) is 4.79 Å². The van der Waals surface area contributed by atoms with Gasteiger partial charge in [-0.05, 0) is 19.3 Å². The van der Waals surface area contributed by atoms with Crippen LogP contribution >= 0.6 is 0 Å². The summed E-state index contributed by atoms with van der Waals surface area (Å²) in [5.41, 5.74) is 0. The summed E-state index contributed by atoms with van der Waals surface area (Å²) in [4.78, 5) is 10.5. The molecule has 0 aliphatic heterocycles. The minimum atomic E-state index is -0.270. The monoisotopic (exact) mass is 158 g/mol. The van der Waals surface area contributed by atoms with Crippen LogP contribution in [0.1, 0.15) is 32.6 Å². The standard InChI is InChI=1S/C8H14O3/c1-6(9)11-8-4-2-3-7(10)5-8/h7-8,10H,2-5H2,1H3/t7-,8?/m1/s1. The third-order valence-electron chi connectivity index (χ3n) is 1.93. The van der Waals surface area contributed by atoms with Crippen molar-refractivity contribution in [2.75, 3.05) is 0 Å². The largest absolute Gasteiger partial charge is 0.462 e. The van der Waals surface area contributed by atoms with Gasteiger partial charge < -0.3 is 9.84 Å². The first-order chi connectivity index (χ1) is 5.18. The van der Waals surface area contributed by atoms with Gasteiger partial charge in [-0.2, -0.15) is 0 Å². The second kappa shape index (κ2) is 3.72.